The van der Waals surface area contributed by atoms with E-state index in [-0.39, 0.29) is 4.90 Å². The van der Waals surface area contributed by atoms with Gasteiger partial charge >= 0.3 is 0 Å². The van der Waals surface area contributed by atoms with Crippen molar-refractivity contribution < 1.29 is 27.2 Å². The largest absolute Gasteiger partial charge is 0.382 e. The smallest absolute Gasteiger partial charge is 0.294 e. The van der Waals surface area contributed by atoms with E-state index in [0.717, 1.165) is 5.56 Å². The van der Waals surface area contributed by atoms with Gasteiger partial charge in [0.1, 0.15) is 0 Å². The molecule has 0 aliphatic rings. The SMILES string of the molecule is COCCOCCOCCc1cc(C)ccc1S(=O)(=O)O. The standard InChI is InChI=1S/C14H22O6S/c1-12-3-4-14(21(15,16)17)13(11-12)5-6-19-9-10-20-8-7-18-2/h3-4,11H,5-10H2,1-2H3,(H,15,16,17). The van der Waals surface area contributed by atoms with Gasteiger partial charge in [-0.2, -0.15) is 8.42 Å². The fourth-order valence-corrected chi connectivity index (χ4v) is 2.53. The second kappa shape index (κ2) is 9.11. The van der Waals surface area contributed by atoms with Gasteiger partial charge in [0.15, 0.2) is 0 Å². The minimum absolute atomic E-state index is 0.0620. The highest BCUT2D eigenvalue weighted by molar-refractivity contribution is 7.85. The van der Waals surface area contributed by atoms with Crippen molar-refractivity contribution in [2.24, 2.45) is 0 Å². The number of aryl methyl sites for hydroxylation is 1. The molecule has 120 valence electrons. The zero-order valence-corrected chi connectivity index (χ0v) is 13.2. The number of rotatable bonds is 10. The van der Waals surface area contributed by atoms with Crippen molar-refractivity contribution in [1.29, 1.82) is 0 Å². The van der Waals surface area contributed by atoms with Crippen molar-refractivity contribution in [3.05, 3.63) is 29.3 Å². The number of benzene rings is 1. The Labute approximate surface area is 125 Å². The highest BCUT2D eigenvalue weighted by atomic mass is 32.2. The normalized spacial score (nSPS) is 11.8. The maximum absolute atomic E-state index is 11.3. The predicted molar refractivity (Wildman–Crippen MR) is 78.2 cm³/mol. The molecule has 0 saturated heterocycles. The Balaban J connectivity index is 2.40. The van der Waals surface area contributed by atoms with Gasteiger partial charge in [0.25, 0.3) is 10.1 Å². The third-order valence-electron chi connectivity index (χ3n) is 2.81. The summed E-state index contributed by atoms with van der Waals surface area (Å²) in [5.74, 6) is 0. The van der Waals surface area contributed by atoms with Gasteiger partial charge in [-0.1, -0.05) is 17.7 Å². The van der Waals surface area contributed by atoms with Crippen LogP contribution in [0.5, 0.6) is 0 Å². The summed E-state index contributed by atoms with van der Waals surface area (Å²) in [6, 6.07) is 4.80. The van der Waals surface area contributed by atoms with E-state index in [0.29, 0.717) is 45.0 Å². The summed E-state index contributed by atoms with van der Waals surface area (Å²) in [4.78, 5) is -0.0620. The highest BCUT2D eigenvalue weighted by Gasteiger charge is 2.14. The number of ether oxygens (including phenoxy) is 3. The molecule has 0 radical (unpaired) electrons. The van der Waals surface area contributed by atoms with Crippen LogP contribution in [0.4, 0.5) is 0 Å². The van der Waals surface area contributed by atoms with Crippen LogP contribution in [-0.4, -0.2) is 53.1 Å². The summed E-state index contributed by atoms with van der Waals surface area (Å²) >= 11 is 0. The van der Waals surface area contributed by atoms with E-state index >= 15 is 0 Å². The van der Waals surface area contributed by atoms with E-state index in [1.165, 1.54) is 6.07 Å². The summed E-state index contributed by atoms with van der Waals surface area (Å²) in [6.07, 6.45) is 0.412. The van der Waals surface area contributed by atoms with Crippen molar-refractivity contribution in [2.75, 3.05) is 40.1 Å². The van der Waals surface area contributed by atoms with Gasteiger partial charge in [0.2, 0.25) is 0 Å². The van der Waals surface area contributed by atoms with Gasteiger partial charge in [0, 0.05) is 7.11 Å². The van der Waals surface area contributed by atoms with Crippen LogP contribution in [0.3, 0.4) is 0 Å². The lowest BCUT2D eigenvalue weighted by Gasteiger charge is -2.09. The quantitative estimate of drug-likeness (QED) is 0.519. The molecule has 0 saturated carbocycles. The van der Waals surface area contributed by atoms with Crippen LogP contribution in [0.2, 0.25) is 0 Å². The second-order valence-electron chi connectivity index (χ2n) is 4.55. The van der Waals surface area contributed by atoms with Crippen molar-refractivity contribution >= 4 is 10.1 Å². The molecule has 0 atom stereocenters. The van der Waals surface area contributed by atoms with Crippen LogP contribution in [0.15, 0.2) is 23.1 Å². The topological polar surface area (TPSA) is 82.1 Å². The van der Waals surface area contributed by atoms with E-state index in [1.807, 2.05) is 6.92 Å². The minimum atomic E-state index is -4.20. The van der Waals surface area contributed by atoms with Gasteiger partial charge in [0.05, 0.1) is 37.9 Å². The first kappa shape index (κ1) is 18.1. The first-order valence-corrected chi connectivity index (χ1v) is 8.10. The Bertz CT molecular complexity index is 526. The summed E-state index contributed by atoms with van der Waals surface area (Å²) in [7, 11) is -2.60. The van der Waals surface area contributed by atoms with Gasteiger partial charge in [-0.15, -0.1) is 0 Å². The molecular formula is C14H22O6S. The number of hydrogen-bond acceptors (Lipinski definition) is 5. The zero-order valence-electron chi connectivity index (χ0n) is 12.4. The maximum atomic E-state index is 11.3. The Morgan fingerprint density at radius 1 is 1.05 bits per heavy atom. The molecule has 21 heavy (non-hydrogen) atoms. The van der Waals surface area contributed by atoms with Crippen LogP contribution in [0, 0.1) is 6.92 Å². The molecule has 1 aromatic carbocycles. The molecule has 0 unspecified atom stereocenters. The molecule has 7 heteroatoms. The monoisotopic (exact) mass is 318 g/mol. The molecule has 0 amide bonds. The maximum Gasteiger partial charge on any atom is 0.294 e. The fraction of sp³-hybridized carbons (Fsp3) is 0.571. The van der Waals surface area contributed by atoms with Gasteiger partial charge in [-0.05, 0) is 25.0 Å². The predicted octanol–water partition coefficient (Wildman–Crippen LogP) is 1.46. The number of hydrogen-bond donors (Lipinski definition) is 1. The average molecular weight is 318 g/mol. The molecule has 0 heterocycles. The van der Waals surface area contributed by atoms with Crippen LogP contribution in [0.25, 0.3) is 0 Å². The zero-order chi connectivity index (χ0) is 15.7. The molecule has 0 aromatic heterocycles. The van der Waals surface area contributed by atoms with Crippen LogP contribution in [-0.2, 0) is 30.7 Å². The summed E-state index contributed by atoms with van der Waals surface area (Å²) in [6.45, 7) is 4.17. The van der Waals surface area contributed by atoms with E-state index < -0.39 is 10.1 Å². The molecule has 0 bridgehead atoms. The van der Waals surface area contributed by atoms with Crippen molar-refractivity contribution in [3.8, 4) is 0 Å². The molecule has 6 nitrogen and oxygen atoms in total. The molecule has 1 N–H and O–H groups in total. The lowest BCUT2D eigenvalue weighted by atomic mass is 10.1. The minimum Gasteiger partial charge on any atom is -0.382 e. The molecular weight excluding hydrogens is 296 g/mol. The van der Waals surface area contributed by atoms with E-state index in [2.05, 4.69) is 0 Å². The fourth-order valence-electron chi connectivity index (χ4n) is 1.80. The van der Waals surface area contributed by atoms with E-state index in [9.17, 15) is 13.0 Å². The van der Waals surface area contributed by atoms with Crippen molar-refractivity contribution in [1.82, 2.24) is 0 Å². The average Bonchev–Trinajstić information content (AvgIpc) is 2.40. The van der Waals surface area contributed by atoms with E-state index in [4.69, 9.17) is 14.2 Å². The Morgan fingerprint density at radius 3 is 2.29 bits per heavy atom. The molecule has 0 aliphatic carbocycles. The van der Waals surface area contributed by atoms with Crippen LogP contribution < -0.4 is 0 Å². The Kier molecular flexibility index (Phi) is 7.84. The number of methoxy groups -OCH3 is 1. The Hall–Kier alpha value is -0.990. The van der Waals surface area contributed by atoms with Crippen LogP contribution in [0.1, 0.15) is 11.1 Å². The summed E-state index contributed by atoms with van der Waals surface area (Å²) < 4.78 is 47.2. The molecule has 1 rings (SSSR count). The first-order chi connectivity index (χ1) is 9.95. The molecule has 1 aromatic rings. The first-order valence-electron chi connectivity index (χ1n) is 6.66. The molecule has 0 spiro atoms. The third-order valence-corrected chi connectivity index (χ3v) is 3.77. The lowest BCUT2D eigenvalue weighted by molar-refractivity contribution is 0.0255. The second-order valence-corrected chi connectivity index (χ2v) is 5.94. The lowest BCUT2D eigenvalue weighted by Crippen LogP contribution is -2.11. The summed E-state index contributed by atoms with van der Waals surface area (Å²) in [5.41, 5.74) is 1.48. The van der Waals surface area contributed by atoms with Crippen molar-refractivity contribution in [2.45, 2.75) is 18.2 Å². The van der Waals surface area contributed by atoms with E-state index in [1.54, 1.807) is 19.2 Å². The Morgan fingerprint density at radius 2 is 1.67 bits per heavy atom. The summed E-state index contributed by atoms with van der Waals surface area (Å²) in [5, 5.41) is 0. The van der Waals surface area contributed by atoms with Gasteiger partial charge in [-0.3, -0.25) is 4.55 Å². The van der Waals surface area contributed by atoms with Crippen LogP contribution >= 0.6 is 0 Å². The van der Waals surface area contributed by atoms with Crippen molar-refractivity contribution in [3.63, 3.8) is 0 Å². The highest BCUT2D eigenvalue weighted by Crippen LogP contribution is 2.17. The van der Waals surface area contributed by atoms with Gasteiger partial charge in [-0.25, -0.2) is 0 Å². The third kappa shape index (κ3) is 7.01. The molecule has 0 fully saturated rings. The molecule has 0 aliphatic heterocycles. The van der Waals surface area contributed by atoms with Gasteiger partial charge < -0.3 is 14.2 Å².